The quantitative estimate of drug-likeness (QED) is 0.440. The lowest BCUT2D eigenvalue weighted by atomic mass is 10.1. The molecule has 2 N–H and O–H groups in total. The van der Waals surface area contributed by atoms with E-state index in [-0.39, 0.29) is 28.4 Å². The van der Waals surface area contributed by atoms with Crippen LogP contribution in [0.2, 0.25) is 0 Å². The third-order valence-corrected chi connectivity index (χ3v) is 4.98. The zero-order valence-corrected chi connectivity index (χ0v) is 17.3. The van der Waals surface area contributed by atoms with E-state index in [9.17, 15) is 19.5 Å². The van der Waals surface area contributed by atoms with E-state index in [1.165, 1.54) is 36.9 Å². The fourth-order valence-corrected chi connectivity index (χ4v) is 3.44. The van der Waals surface area contributed by atoms with Crippen LogP contribution in [-0.4, -0.2) is 35.0 Å². The van der Waals surface area contributed by atoms with Crippen LogP contribution in [0.25, 0.3) is 22.3 Å². The second-order valence-corrected chi connectivity index (χ2v) is 7.60. The van der Waals surface area contributed by atoms with Crippen molar-refractivity contribution in [2.24, 2.45) is 0 Å². The van der Waals surface area contributed by atoms with Gasteiger partial charge in [0.25, 0.3) is 0 Å². The van der Waals surface area contributed by atoms with Gasteiger partial charge in [0.1, 0.15) is 34.3 Å². The molecule has 3 rings (SSSR count). The lowest BCUT2D eigenvalue weighted by Crippen LogP contribution is -2.42. The molecule has 0 spiro atoms. The molecule has 156 valence electrons. The lowest BCUT2D eigenvalue weighted by Gasteiger charge is -2.16. The first kappa shape index (κ1) is 21.4. The molecule has 0 aliphatic carbocycles. The van der Waals surface area contributed by atoms with Crippen LogP contribution in [0.1, 0.15) is 13.3 Å². The number of benzene rings is 2. The minimum atomic E-state index is -0.824. The van der Waals surface area contributed by atoms with Gasteiger partial charge in [0, 0.05) is 30.7 Å². The number of hydrogen-bond donors (Lipinski definition) is 2. The highest BCUT2D eigenvalue weighted by atomic mass is 32.2. The van der Waals surface area contributed by atoms with Crippen molar-refractivity contribution in [3.63, 3.8) is 0 Å². The van der Waals surface area contributed by atoms with Crippen LogP contribution in [0, 0.1) is 0 Å². The molecule has 7 nitrogen and oxygen atoms in total. The third kappa shape index (κ3) is 5.01. The van der Waals surface area contributed by atoms with E-state index in [0.717, 1.165) is 0 Å². The summed E-state index contributed by atoms with van der Waals surface area (Å²) in [5.74, 6) is -0.385. The highest BCUT2D eigenvalue weighted by molar-refractivity contribution is 7.98. The number of esters is 1. The SMILES string of the molecule is CSCC[C@H](NC(C)=O)C(=O)Oc1cc(O)c2c(=O)cc(-c3ccccc3)oc2c1. The van der Waals surface area contributed by atoms with Gasteiger partial charge in [-0.3, -0.25) is 9.59 Å². The minimum absolute atomic E-state index is 0.00438. The number of nitrogens with one attached hydrogen (secondary N) is 1. The van der Waals surface area contributed by atoms with E-state index in [0.29, 0.717) is 23.5 Å². The number of carbonyl (C=O) groups is 2. The van der Waals surface area contributed by atoms with E-state index in [1.54, 1.807) is 12.1 Å². The van der Waals surface area contributed by atoms with E-state index < -0.39 is 17.4 Å². The van der Waals surface area contributed by atoms with Crippen LogP contribution in [-0.2, 0) is 9.59 Å². The topological polar surface area (TPSA) is 106 Å². The average molecular weight is 427 g/mol. The molecule has 1 amide bonds. The fourth-order valence-electron chi connectivity index (χ4n) is 2.96. The van der Waals surface area contributed by atoms with Gasteiger partial charge in [0.15, 0.2) is 5.43 Å². The Morgan fingerprint density at radius 2 is 1.93 bits per heavy atom. The van der Waals surface area contributed by atoms with Crippen molar-refractivity contribution in [1.29, 1.82) is 0 Å². The van der Waals surface area contributed by atoms with Gasteiger partial charge in [-0.2, -0.15) is 11.8 Å². The van der Waals surface area contributed by atoms with Crippen molar-refractivity contribution in [3.05, 3.63) is 58.8 Å². The van der Waals surface area contributed by atoms with Crippen LogP contribution in [0.15, 0.2) is 57.7 Å². The summed E-state index contributed by atoms with van der Waals surface area (Å²) >= 11 is 1.54. The molecule has 1 heterocycles. The normalized spacial score (nSPS) is 11.8. The molecule has 0 saturated carbocycles. The standard InChI is InChI=1S/C22H21NO6S/c1-13(24)23-16(8-9-30-2)22(27)28-15-10-17(25)21-18(26)12-19(29-20(21)11-15)14-6-4-3-5-7-14/h3-7,10-12,16,25H,8-9H2,1-2H3,(H,23,24)/t16-/m0/s1. The molecule has 0 aliphatic heterocycles. The molecule has 30 heavy (non-hydrogen) atoms. The second kappa shape index (κ2) is 9.49. The van der Waals surface area contributed by atoms with Crippen molar-refractivity contribution in [1.82, 2.24) is 5.32 Å². The molecule has 1 aromatic heterocycles. The number of aromatic hydroxyl groups is 1. The first-order valence-corrected chi connectivity index (χ1v) is 10.6. The minimum Gasteiger partial charge on any atom is -0.507 e. The Labute approximate surface area is 177 Å². The van der Waals surface area contributed by atoms with Crippen LogP contribution in [0.4, 0.5) is 0 Å². The van der Waals surface area contributed by atoms with Crippen molar-refractivity contribution in [2.45, 2.75) is 19.4 Å². The Kier molecular flexibility index (Phi) is 6.79. The number of fused-ring (bicyclic) bond motifs is 1. The summed E-state index contributed by atoms with van der Waals surface area (Å²) in [6, 6.07) is 12.1. The average Bonchev–Trinajstić information content (AvgIpc) is 2.70. The van der Waals surface area contributed by atoms with Crippen molar-refractivity contribution >= 4 is 34.6 Å². The highest BCUT2D eigenvalue weighted by Gasteiger charge is 2.22. The summed E-state index contributed by atoms with van der Waals surface area (Å²) in [7, 11) is 0. The predicted molar refractivity (Wildman–Crippen MR) is 116 cm³/mol. The Balaban J connectivity index is 1.95. The number of amides is 1. The third-order valence-electron chi connectivity index (χ3n) is 4.33. The van der Waals surface area contributed by atoms with Gasteiger partial charge in [-0.1, -0.05) is 30.3 Å². The molecular formula is C22H21NO6S. The maximum absolute atomic E-state index is 12.5. The molecule has 2 aromatic carbocycles. The molecule has 0 bridgehead atoms. The molecule has 8 heteroatoms. The Bertz CT molecular complexity index is 1130. The van der Waals surface area contributed by atoms with Crippen LogP contribution >= 0.6 is 11.8 Å². The summed E-state index contributed by atoms with van der Waals surface area (Å²) in [5, 5.41) is 12.9. The van der Waals surface area contributed by atoms with E-state index in [2.05, 4.69) is 5.32 Å². The van der Waals surface area contributed by atoms with E-state index >= 15 is 0 Å². The first-order chi connectivity index (χ1) is 14.4. The summed E-state index contributed by atoms with van der Waals surface area (Å²) < 4.78 is 11.2. The number of carbonyl (C=O) groups excluding carboxylic acids is 2. The molecule has 0 unspecified atom stereocenters. The lowest BCUT2D eigenvalue weighted by molar-refractivity contribution is -0.139. The zero-order chi connectivity index (χ0) is 21.7. The van der Waals surface area contributed by atoms with Crippen molar-refractivity contribution in [2.75, 3.05) is 12.0 Å². The molecule has 0 saturated heterocycles. The van der Waals surface area contributed by atoms with Gasteiger partial charge in [0.2, 0.25) is 5.91 Å². The second-order valence-electron chi connectivity index (χ2n) is 6.61. The molecule has 0 radical (unpaired) electrons. The highest BCUT2D eigenvalue weighted by Crippen LogP contribution is 2.31. The van der Waals surface area contributed by atoms with E-state index in [1.807, 2.05) is 24.5 Å². The molecule has 0 fully saturated rings. The molecular weight excluding hydrogens is 406 g/mol. The zero-order valence-electron chi connectivity index (χ0n) is 16.5. The summed E-state index contributed by atoms with van der Waals surface area (Å²) in [5.41, 5.74) is 0.368. The van der Waals surface area contributed by atoms with Crippen molar-refractivity contribution < 1.29 is 23.8 Å². The van der Waals surface area contributed by atoms with Gasteiger partial charge < -0.3 is 19.6 Å². The maximum atomic E-state index is 12.5. The smallest absolute Gasteiger partial charge is 0.334 e. The fraction of sp³-hybridized carbons (Fsp3) is 0.227. The van der Waals surface area contributed by atoms with Gasteiger partial charge in [0.05, 0.1) is 0 Å². The first-order valence-electron chi connectivity index (χ1n) is 9.23. The summed E-state index contributed by atoms with van der Waals surface area (Å²) in [6.45, 7) is 1.32. The molecule has 3 aromatic rings. The van der Waals surface area contributed by atoms with Crippen LogP contribution < -0.4 is 15.5 Å². The van der Waals surface area contributed by atoms with Gasteiger partial charge >= 0.3 is 5.97 Å². The number of hydrogen-bond acceptors (Lipinski definition) is 7. The van der Waals surface area contributed by atoms with Crippen LogP contribution in [0.5, 0.6) is 11.5 Å². The van der Waals surface area contributed by atoms with Gasteiger partial charge in [-0.15, -0.1) is 0 Å². The Morgan fingerprint density at radius 1 is 1.20 bits per heavy atom. The monoisotopic (exact) mass is 427 g/mol. The van der Waals surface area contributed by atoms with Gasteiger partial charge in [-0.25, -0.2) is 4.79 Å². The summed E-state index contributed by atoms with van der Waals surface area (Å²) in [4.78, 5) is 36.4. The van der Waals surface area contributed by atoms with Crippen LogP contribution in [0.3, 0.4) is 0 Å². The Morgan fingerprint density at radius 3 is 2.60 bits per heavy atom. The van der Waals surface area contributed by atoms with Gasteiger partial charge in [-0.05, 0) is 18.4 Å². The number of ether oxygens (including phenoxy) is 1. The number of phenols is 1. The number of rotatable bonds is 7. The maximum Gasteiger partial charge on any atom is 0.334 e. The van der Waals surface area contributed by atoms with Crippen molar-refractivity contribution in [3.8, 4) is 22.8 Å². The predicted octanol–water partition coefficient (Wildman–Crippen LogP) is 3.33. The largest absolute Gasteiger partial charge is 0.507 e. The molecule has 1 atom stereocenters. The Hall–Kier alpha value is -3.26. The van der Waals surface area contributed by atoms with E-state index in [4.69, 9.17) is 9.15 Å². The molecule has 0 aliphatic rings. The number of thioether (sulfide) groups is 1. The number of phenolic OH excluding ortho intramolecular Hbond substituents is 1. The summed E-state index contributed by atoms with van der Waals surface area (Å²) in [6.07, 6.45) is 2.29.